The van der Waals surface area contributed by atoms with E-state index in [9.17, 15) is 8.42 Å². The molecule has 0 aliphatic carbocycles. The van der Waals surface area contributed by atoms with Crippen molar-refractivity contribution in [1.82, 2.24) is 9.37 Å². The lowest BCUT2D eigenvalue weighted by Crippen LogP contribution is -2.49. The quantitative estimate of drug-likeness (QED) is 0.636. The number of fused-ring (bicyclic) bond motifs is 1. The van der Waals surface area contributed by atoms with Gasteiger partial charge in [-0.3, -0.25) is 4.84 Å². The van der Waals surface area contributed by atoms with Crippen molar-refractivity contribution in [2.24, 2.45) is 5.92 Å². The first-order valence-electron chi connectivity index (χ1n) is 12.6. The molecular weight excluding hydrogens is 446 g/mol. The molecule has 3 aliphatic rings. The van der Waals surface area contributed by atoms with Crippen LogP contribution in [0.2, 0.25) is 0 Å². The first-order chi connectivity index (χ1) is 16.3. The van der Waals surface area contributed by atoms with Crippen LogP contribution < -0.4 is 4.90 Å². The van der Waals surface area contributed by atoms with Crippen LogP contribution in [0.15, 0.2) is 41.3 Å². The van der Waals surface area contributed by atoms with Crippen LogP contribution in [-0.2, 0) is 14.9 Å². The van der Waals surface area contributed by atoms with Gasteiger partial charge in [-0.1, -0.05) is 29.8 Å². The molecule has 184 valence electrons. The van der Waals surface area contributed by atoms with Gasteiger partial charge in [-0.2, -0.15) is 9.37 Å². The second kappa shape index (κ2) is 9.26. The summed E-state index contributed by atoms with van der Waals surface area (Å²) >= 11 is 0. The highest BCUT2D eigenvalue weighted by molar-refractivity contribution is 7.89. The fourth-order valence-electron chi connectivity index (χ4n) is 6.26. The van der Waals surface area contributed by atoms with Gasteiger partial charge in [0.05, 0.1) is 17.5 Å². The molecule has 0 radical (unpaired) electrons. The Morgan fingerprint density at radius 2 is 1.59 bits per heavy atom. The smallest absolute Gasteiger partial charge is 0.244 e. The van der Waals surface area contributed by atoms with Crippen molar-refractivity contribution >= 4 is 15.7 Å². The molecule has 5 rings (SSSR count). The van der Waals surface area contributed by atoms with Crippen LogP contribution in [0.4, 0.5) is 5.69 Å². The number of benzene rings is 2. The molecule has 3 heterocycles. The Morgan fingerprint density at radius 1 is 0.941 bits per heavy atom. The maximum atomic E-state index is 14.2. The average molecular weight is 484 g/mol. The third-order valence-electron chi connectivity index (χ3n) is 7.90. The van der Waals surface area contributed by atoms with Gasteiger partial charge in [0.25, 0.3) is 0 Å². The third-order valence-corrected chi connectivity index (χ3v) is 10.1. The van der Waals surface area contributed by atoms with Gasteiger partial charge >= 0.3 is 0 Å². The van der Waals surface area contributed by atoms with Crippen molar-refractivity contribution in [3.8, 4) is 0 Å². The Morgan fingerprint density at radius 3 is 2.24 bits per heavy atom. The van der Waals surface area contributed by atoms with E-state index in [0.717, 1.165) is 41.8 Å². The zero-order valence-corrected chi connectivity index (χ0v) is 21.6. The Hall–Kier alpha value is -1.93. The summed E-state index contributed by atoms with van der Waals surface area (Å²) in [6.45, 7) is 9.08. The summed E-state index contributed by atoms with van der Waals surface area (Å²) in [5.41, 5.74) is 5.02. The van der Waals surface area contributed by atoms with E-state index < -0.39 is 10.0 Å². The van der Waals surface area contributed by atoms with Crippen LogP contribution in [0, 0.1) is 26.7 Å². The normalized spacial score (nSPS) is 26.6. The predicted octanol–water partition coefficient (Wildman–Crippen LogP) is 4.60. The minimum absolute atomic E-state index is 0.176. The minimum Gasteiger partial charge on any atom is -0.372 e. The number of hydrogen-bond donors (Lipinski definition) is 0. The lowest BCUT2D eigenvalue weighted by molar-refractivity contribution is -0.113. The first kappa shape index (κ1) is 23.8. The number of hydrogen-bond acceptors (Lipinski definition) is 5. The second-order valence-electron chi connectivity index (χ2n) is 10.4. The molecule has 2 aromatic rings. The molecule has 3 saturated heterocycles. The van der Waals surface area contributed by atoms with Crippen molar-refractivity contribution in [2.45, 2.75) is 63.4 Å². The molecule has 3 fully saturated rings. The molecule has 3 atom stereocenters. The number of hydroxylamine groups is 2. The first-order valence-corrected chi connectivity index (χ1v) is 14.0. The van der Waals surface area contributed by atoms with Crippen LogP contribution in [0.5, 0.6) is 0 Å². The minimum atomic E-state index is -3.68. The number of nitrogens with zero attached hydrogens (tertiary/aromatic N) is 3. The van der Waals surface area contributed by atoms with E-state index in [1.54, 1.807) is 4.31 Å². The number of anilines is 1. The van der Waals surface area contributed by atoms with Crippen molar-refractivity contribution in [1.29, 1.82) is 0 Å². The van der Waals surface area contributed by atoms with Crippen molar-refractivity contribution in [3.63, 3.8) is 0 Å². The van der Waals surface area contributed by atoms with Gasteiger partial charge in [-0.15, -0.1) is 0 Å². The third kappa shape index (κ3) is 4.28. The number of sulfonamides is 1. The molecule has 0 N–H and O–H groups in total. The topological polar surface area (TPSA) is 53.1 Å². The van der Waals surface area contributed by atoms with Crippen LogP contribution in [-0.4, -0.2) is 57.1 Å². The molecule has 0 amide bonds. The second-order valence-corrected chi connectivity index (χ2v) is 12.2. The monoisotopic (exact) mass is 483 g/mol. The van der Waals surface area contributed by atoms with Gasteiger partial charge < -0.3 is 4.90 Å². The van der Waals surface area contributed by atoms with Gasteiger partial charge in [0.2, 0.25) is 10.0 Å². The SMILES string of the molecule is Cc1cc(C)c(S(=O)(=O)N2C[C@H]3CON(C)[C@H]3C[C@H]2c2ccc(N3CCCCC3)cc2)c(C)c1. The Balaban J connectivity index is 1.52. The van der Waals surface area contributed by atoms with Gasteiger partial charge in [0.15, 0.2) is 0 Å². The molecule has 2 aromatic carbocycles. The predicted molar refractivity (Wildman–Crippen MR) is 135 cm³/mol. The molecular formula is C27H37N3O3S. The van der Waals surface area contributed by atoms with Crippen LogP contribution in [0.3, 0.4) is 0 Å². The molecule has 0 bridgehead atoms. The van der Waals surface area contributed by atoms with Crippen molar-refractivity contribution in [3.05, 3.63) is 58.7 Å². The summed E-state index contributed by atoms with van der Waals surface area (Å²) in [5, 5.41) is 1.94. The standard InChI is InChI=1S/C27H37N3O3S/c1-19-14-20(2)27(21(3)15-19)34(31,32)30-17-23-18-33-28(4)25(23)16-26(30)22-8-10-24(11-9-22)29-12-6-5-7-13-29/h8-11,14-15,23,25-26H,5-7,12-13,16-18H2,1-4H3/t23-,25-,26-/m0/s1. The number of aryl methyl sites for hydroxylation is 3. The molecule has 3 aliphatic heterocycles. The highest BCUT2D eigenvalue weighted by atomic mass is 32.2. The van der Waals surface area contributed by atoms with E-state index in [1.807, 2.05) is 45.0 Å². The van der Waals surface area contributed by atoms with E-state index in [-0.39, 0.29) is 18.0 Å². The highest BCUT2D eigenvalue weighted by Crippen LogP contribution is 2.42. The number of rotatable bonds is 4. The molecule has 7 heteroatoms. The Labute approximate surface area is 204 Å². The summed E-state index contributed by atoms with van der Waals surface area (Å²) in [5.74, 6) is 0.176. The lowest BCUT2D eigenvalue weighted by atomic mass is 9.87. The van der Waals surface area contributed by atoms with E-state index in [1.165, 1.54) is 24.9 Å². The summed E-state index contributed by atoms with van der Waals surface area (Å²) in [4.78, 5) is 8.72. The fraction of sp³-hybridized carbons (Fsp3) is 0.556. The Kier molecular flexibility index (Phi) is 6.48. The molecule has 0 spiro atoms. The van der Waals surface area contributed by atoms with E-state index >= 15 is 0 Å². The molecule has 0 unspecified atom stereocenters. The summed E-state index contributed by atoms with van der Waals surface area (Å²) in [7, 11) is -1.70. The average Bonchev–Trinajstić information content (AvgIpc) is 3.18. The molecule has 34 heavy (non-hydrogen) atoms. The molecule has 0 aromatic heterocycles. The maximum Gasteiger partial charge on any atom is 0.244 e. The number of piperidine rings is 2. The van der Waals surface area contributed by atoms with Crippen molar-refractivity contribution in [2.75, 3.05) is 38.2 Å². The highest BCUT2D eigenvalue weighted by Gasteiger charge is 2.47. The van der Waals surface area contributed by atoms with Gasteiger partial charge in [-0.25, -0.2) is 8.42 Å². The van der Waals surface area contributed by atoms with E-state index in [0.29, 0.717) is 18.0 Å². The molecule has 0 saturated carbocycles. The zero-order valence-electron chi connectivity index (χ0n) is 20.8. The van der Waals surface area contributed by atoms with Crippen LogP contribution >= 0.6 is 0 Å². The fourth-order valence-corrected chi connectivity index (χ4v) is 8.35. The summed E-state index contributed by atoms with van der Waals surface area (Å²) in [6, 6.07) is 12.6. The van der Waals surface area contributed by atoms with Crippen LogP contribution in [0.1, 0.15) is 54.0 Å². The van der Waals surface area contributed by atoms with E-state index in [4.69, 9.17) is 4.84 Å². The molecule has 6 nitrogen and oxygen atoms in total. The van der Waals surface area contributed by atoms with Gasteiger partial charge in [-0.05, 0) is 75.3 Å². The maximum absolute atomic E-state index is 14.2. The van der Waals surface area contributed by atoms with Gasteiger partial charge in [0, 0.05) is 44.3 Å². The summed E-state index contributed by atoms with van der Waals surface area (Å²) < 4.78 is 30.1. The van der Waals surface area contributed by atoms with Gasteiger partial charge in [0.1, 0.15) is 0 Å². The largest absolute Gasteiger partial charge is 0.372 e. The zero-order chi connectivity index (χ0) is 24.0. The Bertz CT molecular complexity index is 1120. The van der Waals surface area contributed by atoms with Crippen molar-refractivity contribution < 1.29 is 13.3 Å². The van der Waals surface area contributed by atoms with Crippen LogP contribution in [0.25, 0.3) is 0 Å². The summed E-state index contributed by atoms with van der Waals surface area (Å²) in [6.07, 6.45) is 4.51. The van der Waals surface area contributed by atoms with E-state index in [2.05, 4.69) is 29.2 Å². The lowest BCUT2D eigenvalue weighted by Gasteiger charge is -2.41.